The fourth-order valence-corrected chi connectivity index (χ4v) is 10.7. The van der Waals surface area contributed by atoms with E-state index in [2.05, 4.69) is 134 Å². The first-order valence-corrected chi connectivity index (χ1v) is 18.6. The van der Waals surface area contributed by atoms with Gasteiger partial charge in [-0.25, -0.2) is 0 Å². The maximum Gasteiger partial charge on any atom is 0.113 e. The summed E-state index contributed by atoms with van der Waals surface area (Å²) in [6.07, 6.45) is 3.82. The van der Waals surface area contributed by atoms with Gasteiger partial charge in [-0.2, -0.15) is 0 Å². The van der Waals surface area contributed by atoms with Gasteiger partial charge < -0.3 is 0 Å². The summed E-state index contributed by atoms with van der Waals surface area (Å²) >= 11 is 0. The molecule has 2 nitrogen and oxygen atoms in total. The smallest absolute Gasteiger partial charge is 0.113 e. The molecule has 2 aromatic heterocycles. The molecule has 0 aliphatic carbocycles. The van der Waals surface area contributed by atoms with Crippen molar-refractivity contribution in [1.29, 1.82) is 0 Å². The first-order chi connectivity index (χ1) is 22.1. The van der Waals surface area contributed by atoms with Crippen molar-refractivity contribution in [3.63, 3.8) is 0 Å². The van der Waals surface area contributed by atoms with Crippen LogP contribution in [-0.4, -0.2) is 18.0 Å². The van der Waals surface area contributed by atoms with Gasteiger partial charge >= 0.3 is 0 Å². The Morgan fingerprint density at radius 1 is 0.422 bits per heavy atom. The van der Waals surface area contributed by atoms with E-state index in [9.17, 15) is 0 Å². The zero-order valence-corrected chi connectivity index (χ0v) is 26.3. The second-order valence-corrected chi connectivity index (χ2v) is 16.9. The molecule has 3 heterocycles. The van der Waals surface area contributed by atoms with Crippen LogP contribution in [-0.2, 0) is 0 Å². The van der Waals surface area contributed by atoms with Crippen LogP contribution in [0.4, 0.5) is 0 Å². The van der Waals surface area contributed by atoms with Crippen LogP contribution in [0.1, 0.15) is 0 Å². The minimum atomic E-state index is -1.92. The summed E-state index contributed by atoms with van der Waals surface area (Å²) in [6.45, 7) is 4.98. The van der Waals surface area contributed by atoms with Crippen molar-refractivity contribution in [1.82, 2.24) is 9.97 Å². The predicted molar refractivity (Wildman–Crippen MR) is 193 cm³/mol. The minimum Gasteiger partial charge on any atom is -0.256 e. The molecule has 0 spiro atoms. The lowest BCUT2D eigenvalue weighted by Crippen LogP contribution is -2.49. The highest BCUT2D eigenvalue weighted by atomic mass is 28.3. The van der Waals surface area contributed by atoms with Crippen molar-refractivity contribution in [2.45, 2.75) is 13.1 Å². The normalized spacial score (nSPS) is 13.3. The highest BCUT2D eigenvalue weighted by molar-refractivity contribution is 7.04. The van der Waals surface area contributed by atoms with Gasteiger partial charge in [-0.3, -0.25) is 9.97 Å². The highest BCUT2D eigenvalue weighted by Crippen LogP contribution is 2.46. The van der Waals surface area contributed by atoms with Gasteiger partial charge in [0, 0.05) is 23.5 Å². The molecule has 0 atom stereocenters. The number of nitrogens with zero attached hydrogens (tertiary/aromatic N) is 2. The van der Waals surface area contributed by atoms with Crippen molar-refractivity contribution in [3.8, 4) is 44.8 Å². The van der Waals surface area contributed by atoms with Gasteiger partial charge in [-0.05, 0) is 101 Å². The summed E-state index contributed by atoms with van der Waals surface area (Å²) in [5.41, 5.74) is 9.52. The Morgan fingerprint density at radius 2 is 1.04 bits per heavy atom. The van der Waals surface area contributed by atoms with Crippen LogP contribution in [0.2, 0.25) is 13.1 Å². The van der Waals surface area contributed by atoms with Crippen LogP contribution >= 0.6 is 0 Å². The van der Waals surface area contributed by atoms with Crippen LogP contribution in [0.15, 0.2) is 146 Å². The summed E-state index contributed by atoms with van der Waals surface area (Å²) < 4.78 is 0. The van der Waals surface area contributed by atoms with Crippen molar-refractivity contribution in [2.24, 2.45) is 0 Å². The Balaban J connectivity index is 1.47. The van der Waals surface area contributed by atoms with E-state index in [1.165, 1.54) is 76.1 Å². The Kier molecular flexibility index (Phi) is 5.68. The summed E-state index contributed by atoms with van der Waals surface area (Å²) in [5, 5.41) is 10.4. The second-order valence-electron chi connectivity index (χ2n) is 12.6. The third kappa shape index (κ3) is 3.87. The molecule has 0 unspecified atom stereocenters. The van der Waals surface area contributed by atoms with E-state index in [4.69, 9.17) is 9.97 Å². The maximum absolute atomic E-state index is 4.97. The molecule has 0 saturated carbocycles. The number of pyridine rings is 2. The van der Waals surface area contributed by atoms with E-state index < -0.39 is 8.07 Å². The molecular weight excluding hydrogens is 561 g/mol. The molecule has 0 N–H and O–H groups in total. The molecule has 6 aromatic carbocycles. The number of benzene rings is 6. The number of rotatable bonds is 3. The number of fused-ring (bicyclic) bond motifs is 6. The average Bonchev–Trinajstić information content (AvgIpc) is 3.32. The van der Waals surface area contributed by atoms with Crippen LogP contribution in [0, 0.1) is 0 Å². The largest absolute Gasteiger partial charge is 0.256 e. The number of hydrogen-bond acceptors (Lipinski definition) is 2. The molecule has 1 aliphatic rings. The second kappa shape index (κ2) is 9.81. The molecule has 45 heavy (non-hydrogen) atoms. The van der Waals surface area contributed by atoms with Crippen LogP contribution in [0.25, 0.3) is 77.1 Å². The van der Waals surface area contributed by atoms with E-state index in [0.717, 1.165) is 11.4 Å². The van der Waals surface area contributed by atoms with Crippen molar-refractivity contribution >= 4 is 50.8 Å². The summed E-state index contributed by atoms with van der Waals surface area (Å²) in [4.78, 5) is 9.90. The Morgan fingerprint density at radius 3 is 1.82 bits per heavy atom. The number of hydrogen-bond donors (Lipinski definition) is 0. The predicted octanol–water partition coefficient (Wildman–Crippen LogP) is 9.74. The zero-order valence-electron chi connectivity index (χ0n) is 25.3. The minimum absolute atomic E-state index is 0.987. The zero-order chi connectivity index (χ0) is 30.1. The highest BCUT2D eigenvalue weighted by Gasteiger charge is 2.38. The molecule has 0 amide bonds. The molecule has 212 valence electrons. The van der Waals surface area contributed by atoms with Gasteiger partial charge in [0.2, 0.25) is 0 Å². The number of aromatic nitrogens is 2. The quantitative estimate of drug-likeness (QED) is 0.151. The van der Waals surface area contributed by atoms with Gasteiger partial charge in [0.15, 0.2) is 0 Å². The molecule has 3 heteroatoms. The Hall–Kier alpha value is -5.38. The van der Waals surface area contributed by atoms with Gasteiger partial charge in [0.1, 0.15) is 8.07 Å². The summed E-state index contributed by atoms with van der Waals surface area (Å²) in [6, 6.07) is 48.7. The van der Waals surface area contributed by atoms with E-state index in [1.54, 1.807) is 0 Å². The Bertz CT molecular complexity index is 2440. The lowest BCUT2D eigenvalue weighted by atomic mass is 9.85. The van der Waals surface area contributed by atoms with Crippen LogP contribution < -0.4 is 10.4 Å². The fraction of sp³-hybridized carbons (Fsp3) is 0.0476. The maximum atomic E-state index is 4.97. The van der Waals surface area contributed by atoms with Crippen molar-refractivity contribution in [3.05, 3.63) is 146 Å². The monoisotopic (exact) mass is 590 g/mol. The molecule has 9 rings (SSSR count). The Labute approximate surface area is 263 Å². The van der Waals surface area contributed by atoms with E-state index in [-0.39, 0.29) is 0 Å². The average molecular weight is 591 g/mol. The molecule has 8 aromatic rings. The molecular formula is C42H30N2Si. The third-order valence-electron chi connectivity index (χ3n) is 9.76. The van der Waals surface area contributed by atoms with E-state index in [1.807, 2.05) is 24.5 Å². The van der Waals surface area contributed by atoms with Crippen molar-refractivity contribution < 1.29 is 0 Å². The van der Waals surface area contributed by atoms with Crippen LogP contribution in [0.5, 0.6) is 0 Å². The van der Waals surface area contributed by atoms with Crippen LogP contribution in [0.3, 0.4) is 0 Å². The van der Waals surface area contributed by atoms with E-state index >= 15 is 0 Å². The van der Waals surface area contributed by atoms with E-state index in [0.29, 0.717) is 0 Å². The third-order valence-corrected chi connectivity index (χ3v) is 13.3. The molecule has 0 saturated heterocycles. The van der Waals surface area contributed by atoms with Crippen molar-refractivity contribution in [2.75, 3.05) is 0 Å². The molecule has 1 aliphatic heterocycles. The first kappa shape index (κ1) is 26.1. The van der Waals surface area contributed by atoms with Gasteiger partial charge in [0.25, 0.3) is 0 Å². The van der Waals surface area contributed by atoms with Gasteiger partial charge in [-0.15, -0.1) is 0 Å². The SMILES string of the molecule is C[Si]1(C)c2ccccc2-c2cc3c(-c4ccccn4)c4ccc(-c5cccc6ccccc56)cc4c(-c4ccccn4)c3cc21. The molecule has 0 radical (unpaired) electrons. The lowest BCUT2D eigenvalue weighted by molar-refractivity contribution is 1.33. The fourth-order valence-electron chi connectivity index (χ4n) is 7.64. The molecule has 0 fully saturated rings. The lowest BCUT2D eigenvalue weighted by Gasteiger charge is -2.22. The topological polar surface area (TPSA) is 25.8 Å². The van der Waals surface area contributed by atoms with Gasteiger partial charge in [-0.1, -0.05) is 110 Å². The standard InChI is InChI=1S/C42H30N2Si/c1-45(2)39-19-6-5-15-31(39)33-25-35-36(26-40(33)45)42(38-18-8-10-23-44-38)34-24-28(30-16-11-13-27-12-3-4-14-29(27)30)20-21-32(34)41(35)37-17-7-9-22-43-37/h3-26H,1-2H3. The van der Waals surface area contributed by atoms with Gasteiger partial charge in [0.05, 0.1) is 11.4 Å². The summed E-state index contributed by atoms with van der Waals surface area (Å²) in [7, 11) is -1.92. The molecule has 0 bridgehead atoms. The summed E-state index contributed by atoms with van der Waals surface area (Å²) in [5.74, 6) is 0. The first-order valence-electron chi connectivity index (χ1n) is 15.6.